The normalized spacial score (nSPS) is 14.4. The Morgan fingerprint density at radius 1 is 1.55 bits per heavy atom. The molecule has 0 spiro atoms. The maximum atomic E-state index is 11.4. The van der Waals surface area contributed by atoms with E-state index in [1.54, 1.807) is 23.4 Å². The van der Waals surface area contributed by atoms with Crippen molar-refractivity contribution in [3.05, 3.63) is 6.33 Å². The summed E-state index contributed by atoms with van der Waals surface area (Å²) in [5, 5.41) is 17.4. The third-order valence-corrected chi connectivity index (χ3v) is 4.17. The summed E-state index contributed by atoms with van der Waals surface area (Å²) in [7, 11) is 1.86. The summed E-state index contributed by atoms with van der Waals surface area (Å²) >= 11 is 1.65. The Morgan fingerprint density at radius 2 is 2.25 bits per heavy atom. The lowest BCUT2D eigenvalue weighted by Crippen LogP contribution is -2.52. The Bertz CT molecular complexity index is 436. The number of hydrogen-bond donors (Lipinski definition) is 2. The number of carbonyl (C=O) groups is 1. The molecular formula is C13H24N4O2S. The highest BCUT2D eigenvalue weighted by molar-refractivity contribution is 7.99. The molecule has 6 nitrogen and oxygen atoms in total. The minimum atomic E-state index is -0.844. The van der Waals surface area contributed by atoms with Crippen LogP contribution in [0.5, 0.6) is 0 Å². The molecule has 0 aliphatic carbocycles. The van der Waals surface area contributed by atoms with Gasteiger partial charge in [0.2, 0.25) is 0 Å². The molecule has 1 heterocycles. The molecule has 1 atom stereocenters. The van der Waals surface area contributed by atoms with Gasteiger partial charge in [-0.1, -0.05) is 18.2 Å². The molecule has 0 aromatic carbocycles. The van der Waals surface area contributed by atoms with E-state index in [1.807, 2.05) is 20.9 Å². The zero-order valence-electron chi connectivity index (χ0n) is 12.6. The molecule has 0 aliphatic rings. The van der Waals surface area contributed by atoms with Gasteiger partial charge >= 0.3 is 5.97 Å². The summed E-state index contributed by atoms with van der Waals surface area (Å²) in [6, 6.07) is 0.157. The molecule has 0 aliphatic heterocycles. The Labute approximate surface area is 124 Å². The molecule has 1 aromatic heterocycles. The number of thioether (sulfide) groups is 1. The van der Waals surface area contributed by atoms with Gasteiger partial charge in [-0.2, -0.15) is 5.10 Å². The minimum Gasteiger partial charge on any atom is -0.480 e. The van der Waals surface area contributed by atoms with Crippen molar-refractivity contribution in [1.82, 2.24) is 20.1 Å². The quantitative estimate of drug-likeness (QED) is 0.536. The van der Waals surface area contributed by atoms with Gasteiger partial charge in [0.1, 0.15) is 11.9 Å². The van der Waals surface area contributed by atoms with Crippen molar-refractivity contribution in [3.8, 4) is 0 Å². The molecule has 114 valence electrons. The molecule has 7 heteroatoms. The smallest absolute Gasteiger partial charge is 0.323 e. The summed E-state index contributed by atoms with van der Waals surface area (Å²) in [5.74, 6) is 0.136. The van der Waals surface area contributed by atoms with E-state index < -0.39 is 11.5 Å². The van der Waals surface area contributed by atoms with Crippen LogP contribution in [-0.2, 0) is 11.8 Å². The molecule has 0 radical (unpaired) electrons. The molecule has 20 heavy (non-hydrogen) atoms. The van der Waals surface area contributed by atoms with Crippen molar-refractivity contribution in [2.24, 2.45) is 7.05 Å². The Kier molecular flexibility index (Phi) is 6.48. The van der Waals surface area contributed by atoms with E-state index >= 15 is 0 Å². The van der Waals surface area contributed by atoms with Crippen LogP contribution in [0.4, 0.5) is 0 Å². The monoisotopic (exact) mass is 300 g/mol. The summed E-state index contributed by atoms with van der Waals surface area (Å²) in [6.07, 6.45) is 3.99. The number of nitrogens with zero attached hydrogens (tertiary/aromatic N) is 3. The number of carboxylic acids is 1. The third kappa shape index (κ3) is 5.13. The van der Waals surface area contributed by atoms with Crippen LogP contribution in [0.25, 0.3) is 0 Å². The van der Waals surface area contributed by atoms with Crippen LogP contribution in [0.3, 0.4) is 0 Å². The first-order chi connectivity index (χ1) is 9.35. The van der Waals surface area contributed by atoms with Gasteiger partial charge in [0.05, 0.1) is 0 Å². The summed E-state index contributed by atoms with van der Waals surface area (Å²) in [6.45, 7) is 5.68. The predicted molar refractivity (Wildman–Crippen MR) is 79.9 cm³/mol. The van der Waals surface area contributed by atoms with E-state index in [2.05, 4.69) is 15.4 Å². The van der Waals surface area contributed by atoms with E-state index in [4.69, 9.17) is 0 Å². The van der Waals surface area contributed by atoms with Crippen molar-refractivity contribution < 1.29 is 9.90 Å². The lowest BCUT2D eigenvalue weighted by molar-refractivity contribution is -0.144. The van der Waals surface area contributed by atoms with Crippen molar-refractivity contribution in [1.29, 1.82) is 0 Å². The third-order valence-electron chi connectivity index (χ3n) is 3.05. The number of rotatable bonds is 9. The first-order valence-corrected chi connectivity index (χ1v) is 7.81. The van der Waals surface area contributed by atoms with Crippen LogP contribution in [0.15, 0.2) is 11.5 Å². The molecule has 0 bridgehead atoms. The van der Waals surface area contributed by atoms with E-state index in [9.17, 15) is 9.90 Å². The Balaban J connectivity index is 2.31. The number of aryl methyl sites for hydroxylation is 1. The first kappa shape index (κ1) is 17.0. The lowest BCUT2D eigenvalue weighted by atomic mass is 9.94. The molecular weight excluding hydrogens is 276 g/mol. The predicted octanol–water partition coefficient (Wildman–Crippen LogP) is 1.92. The van der Waals surface area contributed by atoms with Gasteiger partial charge in [-0.15, -0.1) is 0 Å². The molecule has 0 fully saturated rings. The first-order valence-electron chi connectivity index (χ1n) is 6.83. The van der Waals surface area contributed by atoms with E-state index in [0.717, 1.165) is 23.8 Å². The summed E-state index contributed by atoms with van der Waals surface area (Å²) in [5.41, 5.74) is -0.844. The van der Waals surface area contributed by atoms with E-state index in [-0.39, 0.29) is 6.04 Å². The zero-order valence-corrected chi connectivity index (χ0v) is 13.4. The lowest BCUT2D eigenvalue weighted by Gasteiger charge is -2.28. The van der Waals surface area contributed by atoms with Crippen molar-refractivity contribution in [2.75, 3.05) is 5.75 Å². The van der Waals surface area contributed by atoms with Gasteiger partial charge in [0.25, 0.3) is 0 Å². The maximum Gasteiger partial charge on any atom is 0.323 e. The fourth-order valence-corrected chi connectivity index (χ4v) is 2.93. The Hall–Kier alpha value is -1.08. The summed E-state index contributed by atoms with van der Waals surface area (Å²) in [4.78, 5) is 15.5. The second kappa shape index (κ2) is 7.64. The fourth-order valence-electron chi connectivity index (χ4n) is 2.04. The SMILES string of the molecule is CC(C)NC(C)(CCCCSc1ncnn1C)C(=O)O. The largest absolute Gasteiger partial charge is 0.480 e. The molecule has 0 saturated heterocycles. The van der Waals surface area contributed by atoms with Crippen LogP contribution in [0.1, 0.15) is 40.0 Å². The topological polar surface area (TPSA) is 80.0 Å². The zero-order chi connectivity index (χ0) is 15.2. The second-order valence-corrected chi connectivity index (χ2v) is 6.47. The molecule has 0 saturated carbocycles. The maximum absolute atomic E-state index is 11.4. The molecule has 0 amide bonds. The van der Waals surface area contributed by atoms with Crippen LogP contribution in [-0.4, -0.2) is 43.2 Å². The average Bonchev–Trinajstić information content (AvgIpc) is 2.73. The number of carboxylic acid groups (broad SMARTS) is 1. The number of aromatic nitrogens is 3. The van der Waals surface area contributed by atoms with Gasteiger partial charge in [0, 0.05) is 18.8 Å². The van der Waals surface area contributed by atoms with Crippen LogP contribution >= 0.6 is 11.8 Å². The van der Waals surface area contributed by atoms with Crippen LogP contribution in [0, 0.1) is 0 Å². The van der Waals surface area contributed by atoms with E-state index in [1.165, 1.54) is 6.33 Å². The summed E-state index contributed by atoms with van der Waals surface area (Å²) < 4.78 is 1.74. The number of unbranched alkanes of at least 4 members (excludes halogenated alkanes) is 1. The molecule has 1 aromatic rings. The minimum absolute atomic E-state index is 0.157. The second-order valence-electron chi connectivity index (χ2n) is 5.41. The van der Waals surface area contributed by atoms with Crippen molar-refractivity contribution >= 4 is 17.7 Å². The van der Waals surface area contributed by atoms with Crippen LogP contribution < -0.4 is 5.32 Å². The number of nitrogens with one attached hydrogen (secondary N) is 1. The standard InChI is InChI=1S/C13H24N4O2S/c1-10(2)16-13(3,11(18)19)7-5-6-8-20-12-14-9-15-17(12)4/h9-10,16H,5-8H2,1-4H3,(H,18,19). The Morgan fingerprint density at radius 3 is 2.75 bits per heavy atom. The van der Waals surface area contributed by atoms with Crippen molar-refractivity contribution in [3.63, 3.8) is 0 Å². The highest BCUT2D eigenvalue weighted by atomic mass is 32.2. The average molecular weight is 300 g/mol. The highest BCUT2D eigenvalue weighted by Gasteiger charge is 2.32. The van der Waals surface area contributed by atoms with Crippen molar-refractivity contribution in [2.45, 2.75) is 56.8 Å². The van der Waals surface area contributed by atoms with Gasteiger partial charge in [-0.05, 0) is 33.6 Å². The molecule has 2 N–H and O–H groups in total. The highest BCUT2D eigenvalue weighted by Crippen LogP contribution is 2.19. The van der Waals surface area contributed by atoms with Gasteiger partial charge in [0.15, 0.2) is 5.16 Å². The van der Waals surface area contributed by atoms with E-state index in [0.29, 0.717) is 6.42 Å². The van der Waals surface area contributed by atoms with Gasteiger partial charge in [-0.25, -0.2) is 9.67 Å². The van der Waals surface area contributed by atoms with Gasteiger partial charge in [-0.3, -0.25) is 10.1 Å². The van der Waals surface area contributed by atoms with Gasteiger partial charge < -0.3 is 5.11 Å². The number of aliphatic carboxylic acids is 1. The number of hydrogen-bond acceptors (Lipinski definition) is 5. The fraction of sp³-hybridized carbons (Fsp3) is 0.769. The molecule has 1 unspecified atom stereocenters. The molecule has 1 rings (SSSR count). The van der Waals surface area contributed by atoms with Crippen LogP contribution in [0.2, 0.25) is 0 Å².